The van der Waals surface area contributed by atoms with Gasteiger partial charge < -0.3 is 9.88 Å². The van der Waals surface area contributed by atoms with Crippen molar-refractivity contribution in [2.45, 2.75) is 20.4 Å². The number of amides is 1. The van der Waals surface area contributed by atoms with E-state index in [1.807, 2.05) is 68.4 Å². The molecule has 0 bridgehead atoms. The van der Waals surface area contributed by atoms with Crippen molar-refractivity contribution in [1.29, 1.82) is 5.26 Å². The summed E-state index contributed by atoms with van der Waals surface area (Å²) in [6.07, 6.45) is 1.69. The summed E-state index contributed by atoms with van der Waals surface area (Å²) in [6.45, 7) is 4.71. The van der Waals surface area contributed by atoms with Gasteiger partial charge in [0, 0.05) is 38.9 Å². The van der Waals surface area contributed by atoms with Gasteiger partial charge in [0.15, 0.2) is 0 Å². The van der Waals surface area contributed by atoms with Crippen LogP contribution in [0.3, 0.4) is 0 Å². The molecule has 0 aliphatic heterocycles. The molecule has 4 rings (SSSR count). The summed E-state index contributed by atoms with van der Waals surface area (Å²) in [5.74, 6) is -0.416. The van der Waals surface area contributed by atoms with E-state index in [0.717, 1.165) is 32.2 Å². The number of carbonyl (C=O) groups excluding carboxylic acids is 1. The number of rotatable bonds is 5. The highest BCUT2D eigenvalue weighted by Gasteiger charge is 2.16. The van der Waals surface area contributed by atoms with E-state index in [0.29, 0.717) is 12.2 Å². The summed E-state index contributed by atoms with van der Waals surface area (Å²) in [7, 11) is 0. The number of nitrogens with one attached hydrogen (secondary N) is 1. The van der Waals surface area contributed by atoms with E-state index in [2.05, 4.69) is 50.1 Å². The highest BCUT2D eigenvalue weighted by Crippen LogP contribution is 2.29. The van der Waals surface area contributed by atoms with E-state index in [1.54, 1.807) is 6.08 Å². The number of anilines is 1. The Bertz CT molecular complexity index is 1360. The molecule has 3 aromatic carbocycles. The molecule has 0 saturated heterocycles. The van der Waals surface area contributed by atoms with Gasteiger partial charge in [-0.25, -0.2) is 0 Å². The summed E-state index contributed by atoms with van der Waals surface area (Å²) in [4.78, 5) is 12.8. The highest BCUT2D eigenvalue weighted by molar-refractivity contribution is 9.10. The molecule has 0 atom stereocenters. The van der Waals surface area contributed by atoms with E-state index >= 15 is 0 Å². The van der Waals surface area contributed by atoms with Crippen LogP contribution >= 0.6 is 15.9 Å². The standard InChI is InChI=1S/C27H22BrN3O/c1-18-7-13-23(14-8-18)30-27(32)21(16-29)15-25-19(2)31(26-6-4-3-5-24(25)26)17-20-9-11-22(28)12-10-20/h3-15H,17H2,1-2H3,(H,30,32)/b21-15-. The zero-order valence-electron chi connectivity index (χ0n) is 17.9. The summed E-state index contributed by atoms with van der Waals surface area (Å²) >= 11 is 3.48. The Morgan fingerprint density at radius 1 is 1.03 bits per heavy atom. The maximum Gasteiger partial charge on any atom is 0.266 e. The Kier molecular flexibility index (Phi) is 6.25. The monoisotopic (exact) mass is 483 g/mol. The molecule has 1 aromatic heterocycles. The molecule has 4 nitrogen and oxygen atoms in total. The Balaban J connectivity index is 1.72. The maximum absolute atomic E-state index is 12.8. The summed E-state index contributed by atoms with van der Waals surface area (Å²) in [5, 5.41) is 13.6. The van der Waals surface area contributed by atoms with Crippen molar-refractivity contribution in [2.24, 2.45) is 0 Å². The molecule has 0 aliphatic rings. The Hall–Kier alpha value is -3.62. The molecule has 0 unspecified atom stereocenters. The van der Waals surface area contributed by atoms with Crippen LogP contribution in [0.4, 0.5) is 5.69 Å². The first-order valence-corrected chi connectivity index (χ1v) is 11.1. The van der Waals surface area contributed by atoms with E-state index < -0.39 is 5.91 Å². The van der Waals surface area contributed by atoms with Crippen molar-refractivity contribution in [3.05, 3.63) is 105 Å². The van der Waals surface area contributed by atoms with Crippen molar-refractivity contribution >= 4 is 44.5 Å². The van der Waals surface area contributed by atoms with Crippen molar-refractivity contribution in [2.75, 3.05) is 5.32 Å². The number of para-hydroxylation sites is 1. The largest absolute Gasteiger partial charge is 0.340 e. The molecular formula is C27H22BrN3O. The van der Waals surface area contributed by atoms with Gasteiger partial charge in [-0.15, -0.1) is 0 Å². The van der Waals surface area contributed by atoms with Gasteiger partial charge in [0.2, 0.25) is 0 Å². The molecule has 1 amide bonds. The fourth-order valence-electron chi connectivity index (χ4n) is 3.74. The van der Waals surface area contributed by atoms with Gasteiger partial charge in [-0.3, -0.25) is 4.79 Å². The number of hydrogen-bond acceptors (Lipinski definition) is 2. The topological polar surface area (TPSA) is 57.8 Å². The Labute approximate surface area is 195 Å². The third-order valence-corrected chi connectivity index (χ3v) is 6.03. The first kappa shape index (κ1) is 21.6. The predicted molar refractivity (Wildman–Crippen MR) is 133 cm³/mol. The van der Waals surface area contributed by atoms with Crippen molar-refractivity contribution in [3.8, 4) is 6.07 Å². The fraction of sp³-hybridized carbons (Fsp3) is 0.111. The van der Waals surface area contributed by atoms with Crippen molar-refractivity contribution < 1.29 is 4.79 Å². The quantitative estimate of drug-likeness (QED) is 0.256. The number of hydrogen-bond donors (Lipinski definition) is 1. The lowest BCUT2D eigenvalue weighted by Crippen LogP contribution is -2.13. The maximum atomic E-state index is 12.8. The molecular weight excluding hydrogens is 462 g/mol. The number of halogens is 1. The van der Waals surface area contributed by atoms with Gasteiger partial charge in [0.1, 0.15) is 11.6 Å². The van der Waals surface area contributed by atoms with Crippen LogP contribution in [-0.2, 0) is 11.3 Å². The second kappa shape index (κ2) is 9.25. The molecule has 0 fully saturated rings. The number of nitriles is 1. The summed E-state index contributed by atoms with van der Waals surface area (Å²) < 4.78 is 3.26. The number of nitrogens with zero attached hydrogens (tertiary/aromatic N) is 2. The zero-order chi connectivity index (χ0) is 22.7. The lowest BCUT2D eigenvalue weighted by Gasteiger charge is -2.09. The average molecular weight is 484 g/mol. The summed E-state index contributed by atoms with van der Waals surface area (Å²) in [6, 6.07) is 25.9. The van der Waals surface area contributed by atoms with Crippen LogP contribution in [0.2, 0.25) is 0 Å². The van der Waals surface area contributed by atoms with Gasteiger partial charge in [-0.05, 0) is 55.8 Å². The molecule has 0 aliphatic carbocycles. The zero-order valence-corrected chi connectivity index (χ0v) is 19.5. The molecule has 0 radical (unpaired) electrons. The number of benzene rings is 3. The average Bonchev–Trinajstić information content (AvgIpc) is 3.06. The molecule has 4 aromatic rings. The molecule has 32 heavy (non-hydrogen) atoms. The number of fused-ring (bicyclic) bond motifs is 1. The van der Waals surface area contributed by atoms with E-state index in [1.165, 1.54) is 5.56 Å². The van der Waals surface area contributed by atoms with Gasteiger partial charge in [0.05, 0.1) is 0 Å². The Morgan fingerprint density at radius 3 is 2.41 bits per heavy atom. The molecule has 0 spiro atoms. The third-order valence-electron chi connectivity index (χ3n) is 5.50. The smallest absolute Gasteiger partial charge is 0.266 e. The molecule has 5 heteroatoms. The molecule has 0 saturated carbocycles. The molecule has 1 N–H and O–H groups in total. The van der Waals surface area contributed by atoms with Crippen LogP contribution in [0.5, 0.6) is 0 Å². The minimum absolute atomic E-state index is 0.0696. The fourth-order valence-corrected chi connectivity index (χ4v) is 4.01. The van der Waals surface area contributed by atoms with Gasteiger partial charge in [-0.2, -0.15) is 5.26 Å². The minimum Gasteiger partial charge on any atom is -0.340 e. The number of aromatic nitrogens is 1. The number of carbonyl (C=O) groups is 1. The van der Waals surface area contributed by atoms with Crippen LogP contribution in [-0.4, -0.2) is 10.5 Å². The first-order chi connectivity index (χ1) is 15.5. The van der Waals surface area contributed by atoms with Crippen LogP contribution in [0, 0.1) is 25.2 Å². The van der Waals surface area contributed by atoms with Gasteiger partial charge in [0.25, 0.3) is 5.91 Å². The van der Waals surface area contributed by atoms with Gasteiger partial charge in [-0.1, -0.05) is 64.0 Å². The van der Waals surface area contributed by atoms with Crippen LogP contribution in [0.25, 0.3) is 17.0 Å². The lowest BCUT2D eigenvalue weighted by atomic mass is 10.1. The first-order valence-electron chi connectivity index (χ1n) is 10.3. The van der Waals surface area contributed by atoms with Crippen LogP contribution < -0.4 is 5.32 Å². The minimum atomic E-state index is -0.416. The third kappa shape index (κ3) is 4.51. The van der Waals surface area contributed by atoms with Crippen molar-refractivity contribution in [1.82, 2.24) is 4.57 Å². The van der Waals surface area contributed by atoms with E-state index in [4.69, 9.17) is 0 Å². The molecule has 1 heterocycles. The lowest BCUT2D eigenvalue weighted by molar-refractivity contribution is -0.112. The van der Waals surface area contributed by atoms with Gasteiger partial charge >= 0.3 is 0 Å². The van der Waals surface area contributed by atoms with E-state index in [9.17, 15) is 10.1 Å². The van der Waals surface area contributed by atoms with Crippen LogP contribution in [0.15, 0.2) is 82.8 Å². The Morgan fingerprint density at radius 2 is 1.72 bits per heavy atom. The number of aryl methyl sites for hydroxylation is 1. The normalized spacial score (nSPS) is 11.4. The molecule has 158 valence electrons. The highest BCUT2D eigenvalue weighted by atomic mass is 79.9. The second-order valence-corrected chi connectivity index (χ2v) is 8.63. The predicted octanol–water partition coefficient (Wildman–Crippen LogP) is 6.61. The second-order valence-electron chi connectivity index (χ2n) is 7.72. The van der Waals surface area contributed by atoms with E-state index in [-0.39, 0.29) is 5.57 Å². The van der Waals surface area contributed by atoms with Crippen LogP contribution in [0.1, 0.15) is 22.4 Å². The van der Waals surface area contributed by atoms with Crippen molar-refractivity contribution in [3.63, 3.8) is 0 Å². The SMILES string of the molecule is Cc1ccc(NC(=O)/C(C#N)=C\c2c(C)n(Cc3ccc(Br)cc3)c3ccccc23)cc1. The summed E-state index contributed by atoms with van der Waals surface area (Å²) in [5.41, 5.74) is 5.96.